The summed E-state index contributed by atoms with van der Waals surface area (Å²) in [7, 11) is 2.29. The minimum absolute atomic E-state index is 0.782. The number of hydrogen-bond acceptors (Lipinski definition) is 2. The summed E-state index contributed by atoms with van der Waals surface area (Å²) in [5.41, 5.74) is 0. The number of nitrogens with zero attached hydrogens (tertiary/aromatic N) is 1. The molecule has 0 spiro atoms. The minimum atomic E-state index is 0.782. The Bertz CT molecular complexity index is 161. The highest BCUT2D eigenvalue weighted by Crippen LogP contribution is 2.36. The van der Waals surface area contributed by atoms with E-state index in [-0.39, 0.29) is 0 Å². The van der Waals surface area contributed by atoms with E-state index in [4.69, 9.17) is 4.74 Å². The van der Waals surface area contributed by atoms with Crippen molar-refractivity contribution in [2.45, 2.75) is 44.7 Å². The van der Waals surface area contributed by atoms with Crippen LogP contribution in [0.1, 0.15) is 32.6 Å². The molecule has 1 aliphatic carbocycles. The predicted molar refractivity (Wildman–Crippen MR) is 53.8 cm³/mol. The Morgan fingerprint density at radius 1 is 1.15 bits per heavy atom. The van der Waals surface area contributed by atoms with Crippen LogP contribution < -0.4 is 0 Å². The third-order valence-electron chi connectivity index (χ3n) is 3.71. The Balaban J connectivity index is 1.82. The normalized spacial score (nSPS) is 27.9. The average Bonchev–Trinajstić information content (AvgIpc) is 3.00. The second-order valence-electron chi connectivity index (χ2n) is 4.59. The predicted octanol–water partition coefficient (Wildman–Crippen LogP) is 1.90. The first kappa shape index (κ1) is 9.47. The lowest BCUT2D eigenvalue weighted by atomic mass is 10.0. The Hall–Kier alpha value is -0.0800. The molecule has 0 radical (unpaired) electrons. The molecule has 1 aliphatic heterocycles. The SMILES string of the molecule is CC(C1CC1)N(C)C1CCOCC1. The van der Waals surface area contributed by atoms with Gasteiger partial charge in [0.05, 0.1) is 0 Å². The smallest absolute Gasteiger partial charge is 0.0480 e. The number of rotatable bonds is 3. The van der Waals surface area contributed by atoms with Crippen LogP contribution in [0.2, 0.25) is 0 Å². The average molecular weight is 183 g/mol. The van der Waals surface area contributed by atoms with Gasteiger partial charge in [-0.05, 0) is 45.6 Å². The first-order chi connectivity index (χ1) is 6.29. The molecule has 2 nitrogen and oxygen atoms in total. The zero-order chi connectivity index (χ0) is 9.26. The van der Waals surface area contributed by atoms with Gasteiger partial charge in [-0.2, -0.15) is 0 Å². The molecule has 2 heteroatoms. The summed E-state index contributed by atoms with van der Waals surface area (Å²) in [6.07, 6.45) is 5.37. The summed E-state index contributed by atoms with van der Waals surface area (Å²) >= 11 is 0. The van der Waals surface area contributed by atoms with Gasteiger partial charge in [0.25, 0.3) is 0 Å². The molecule has 76 valence electrons. The van der Waals surface area contributed by atoms with Gasteiger partial charge in [0.15, 0.2) is 0 Å². The van der Waals surface area contributed by atoms with Crippen LogP contribution in [0.15, 0.2) is 0 Å². The van der Waals surface area contributed by atoms with Crippen molar-refractivity contribution < 1.29 is 4.74 Å². The maximum absolute atomic E-state index is 5.38. The fourth-order valence-corrected chi connectivity index (χ4v) is 2.34. The highest BCUT2D eigenvalue weighted by atomic mass is 16.5. The van der Waals surface area contributed by atoms with E-state index in [1.165, 1.54) is 25.7 Å². The monoisotopic (exact) mass is 183 g/mol. The summed E-state index contributed by atoms with van der Waals surface area (Å²) in [5.74, 6) is 0.993. The molecular weight excluding hydrogens is 162 g/mol. The molecule has 0 aromatic carbocycles. The van der Waals surface area contributed by atoms with E-state index in [1.807, 2.05) is 0 Å². The van der Waals surface area contributed by atoms with Crippen molar-refractivity contribution in [1.82, 2.24) is 4.90 Å². The molecule has 0 bridgehead atoms. The second kappa shape index (κ2) is 3.97. The molecule has 0 aromatic heterocycles. The van der Waals surface area contributed by atoms with Crippen LogP contribution >= 0.6 is 0 Å². The summed E-state index contributed by atoms with van der Waals surface area (Å²) in [6, 6.07) is 1.58. The Morgan fingerprint density at radius 3 is 2.31 bits per heavy atom. The first-order valence-corrected chi connectivity index (χ1v) is 5.58. The molecule has 2 fully saturated rings. The molecular formula is C11H21NO. The molecule has 0 aromatic rings. The molecule has 2 rings (SSSR count). The van der Waals surface area contributed by atoms with Crippen LogP contribution in [0.25, 0.3) is 0 Å². The molecule has 0 amide bonds. The largest absolute Gasteiger partial charge is 0.381 e. The summed E-state index contributed by atoms with van der Waals surface area (Å²) in [5, 5.41) is 0. The lowest BCUT2D eigenvalue weighted by Crippen LogP contribution is -2.42. The van der Waals surface area contributed by atoms with Crippen molar-refractivity contribution in [3.05, 3.63) is 0 Å². The van der Waals surface area contributed by atoms with Gasteiger partial charge in [-0.25, -0.2) is 0 Å². The Kier molecular flexibility index (Phi) is 2.89. The molecule has 0 N–H and O–H groups in total. The van der Waals surface area contributed by atoms with E-state index >= 15 is 0 Å². The van der Waals surface area contributed by atoms with Crippen LogP contribution in [0.3, 0.4) is 0 Å². The van der Waals surface area contributed by atoms with Gasteiger partial charge in [-0.1, -0.05) is 0 Å². The third-order valence-corrected chi connectivity index (χ3v) is 3.71. The highest BCUT2D eigenvalue weighted by Gasteiger charge is 2.33. The summed E-state index contributed by atoms with van der Waals surface area (Å²) < 4.78 is 5.38. The van der Waals surface area contributed by atoms with Crippen molar-refractivity contribution >= 4 is 0 Å². The van der Waals surface area contributed by atoms with Crippen molar-refractivity contribution in [2.24, 2.45) is 5.92 Å². The molecule has 1 heterocycles. The van der Waals surface area contributed by atoms with Crippen molar-refractivity contribution in [1.29, 1.82) is 0 Å². The van der Waals surface area contributed by atoms with E-state index in [1.54, 1.807) is 0 Å². The first-order valence-electron chi connectivity index (χ1n) is 5.58. The van der Waals surface area contributed by atoms with E-state index in [9.17, 15) is 0 Å². The van der Waals surface area contributed by atoms with Gasteiger partial charge < -0.3 is 9.64 Å². The maximum Gasteiger partial charge on any atom is 0.0480 e. The van der Waals surface area contributed by atoms with E-state index < -0.39 is 0 Å². The third kappa shape index (κ3) is 2.23. The van der Waals surface area contributed by atoms with Gasteiger partial charge in [0.2, 0.25) is 0 Å². The van der Waals surface area contributed by atoms with E-state index in [0.29, 0.717) is 0 Å². The molecule has 1 saturated carbocycles. The molecule has 13 heavy (non-hydrogen) atoms. The van der Waals surface area contributed by atoms with Gasteiger partial charge in [0.1, 0.15) is 0 Å². The fraction of sp³-hybridized carbons (Fsp3) is 1.00. The van der Waals surface area contributed by atoms with Crippen molar-refractivity contribution in [2.75, 3.05) is 20.3 Å². The fourth-order valence-electron chi connectivity index (χ4n) is 2.34. The maximum atomic E-state index is 5.38. The second-order valence-corrected chi connectivity index (χ2v) is 4.59. The quantitative estimate of drug-likeness (QED) is 0.662. The lowest BCUT2D eigenvalue weighted by molar-refractivity contribution is 0.0278. The summed E-state index contributed by atoms with van der Waals surface area (Å²) in [4.78, 5) is 2.58. The lowest BCUT2D eigenvalue weighted by Gasteiger charge is -2.35. The number of hydrogen-bond donors (Lipinski definition) is 0. The zero-order valence-electron chi connectivity index (χ0n) is 8.83. The van der Waals surface area contributed by atoms with Crippen LogP contribution in [0.4, 0.5) is 0 Å². The van der Waals surface area contributed by atoms with Gasteiger partial charge in [-0.15, -0.1) is 0 Å². The molecule has 1 unspecified atom stereocenters. The van der Waals surface area contributed by atoms with Crippen molar-refractivity contribution in [3.8, 4) is 0 Å². The topological polar surface area (TPSA) is 12.5 Å². The number of ether oxygens (including phenoxy) is 1. The van der Waals surface area contributed by atoms with Crippen LogP contribution in [-0.4, -0.2) is 37.2 Å². The van der Waals surface area contributed by atoms with Crippen molar-refractivity contribution in [3.63, 3.8) is 0 Å². The van der Waals surface area contributed by atoms with E-state index in [2.05, 4.69) is 18.9 Å². The Labute approximate surface area is 81.3 Å². The van der Waals surface area contributed by atoms with E-state index in [0.717, 1.165) is 31.2 Å². The van der Waals surface area contributed by atoms with Gasteiger partial charge in [0, 0.05) is 25.3 Å². The van der Waals surface area contributed by atoms with Gasteiger partial charge >= 0.3 is 0 Å². The minimum Gasteiger partial charge on any atom is -0.381 e. The standard InChI is InChI=1S/C11H21NO/c1-9(10-3-4-10)12(2)11-5-7-13-8-6-11/h9-11H,3-8H2,1-2H3. The van der Waals surface area contributed by atoms with Crippen LogP contribution in [-0.2, 0) is 4.74 Å². The van der Waals surface area contributed by atoms with Crippen LogP contribution in [0, 0.1) is 5.92 Å². The molecule has 1 atom stereocenters. The molecule has 1 saturated heterocycles. The summed E-state index contributed by atoms with van der Waals surface area (Å²) in [6.45, 7) is 4.31. The van der Waals surface area contributed by atoms with Gasteiger partial charge in [-0.3, -0.25) is 0 Å². The Morgan fingerprint density at radius 2 is 1.77 bits per heavy atom. The zero-order valence-corrected chi connectivity index (χ0v) is 8.83. The molecule has 2 aliphatic rings. The highest BCUT2D eigenvalue weighted by molar-refractivity contribution is 4.87. The van der Waals surface area contributed by atoms with Crippen LogP contribution in [0.5, 0.6) is 0 Å².